The summed E-state index contributed by atoms with van der Waals surface area (Å²) in [5, 5.41) is 65.9. The first kappa shape index (κ1) is 35.8. The molecule has 0 atom stereocenters. The second kappa shape index (κ2) is 19.0. The summed E-state index contributed by atoms with van der Waals surface area (Å²) in [6, 6.07) is 5.82. The first-order valence-electron chi connectivity index (χ1n) is 13.3. The number of carboxylic acid groups (broad SMARTS) is 2. The Morgan fingerprint density at radius 3 is 1.24 bits per heavy atom. The fourth-order valence-corrected chi connectivity index (χ4v) is 3.89. The predicted molar refractivity (Wildman–Crippen MR) is 156 cm³/mol. The first-order chi connectivity index (χ1) is 20.0. The van der Waals surface area contributed by atoms with E-state index in [-0.39, 0.29) is 47.0 Å². The highest BCUT2D eigenvalue weighted by molar-refractivity contribution is 6.33. The monoisotopic (exact) mass is 592 g/mol. The zero-order valence-electron chi connectivity index (χ0n) is 23.7. The number of anilines is 2. The number of benzene rings is 2. The van der Waals surface area contributed by atoms with Crippen molar-refractivity contribution in [2.45, 2.75) is 26.7 Å². The summed E-state index contributed by atoms with van der Waals surface area (Å²) < 4.78 is 0. The number of fused-ring (bicyclic) bond motifs is 2. The second-order valence-corrected chi connectivity index (χ2v) is 8.97. The summed E-state index contributed by atoms with van der Waals surface area (Å²) in [5.41, 5.74) is 0.794. The molecule has 14 heteroatoms. The van der Waals surface area contributed by atoms with Gasteiger partial charge in [-0.1, -0.05) is 0 Å². The van der Waals surface area contributed by atoms with Crippen LogP contribution in [0.5, 0.6) is 11.5 Å². The van der Waals surface area contributed by atoms with Crippen LogP contribution in [0.15, 0.2) is 24.3 Å². The van der Waals surface area contributed by atoms with Crippen molar-refractivity contribution in [3.8, 4) is 11.5 Å². The molecule has 2 aromatic rings. The zero-order valence-corrected chi connectivity index (χ0v) is 23.7. The SMILES string of the molecule is CC(=O)O.CC(=O)O.O=C1c2c(O)ccc(O)c2C(=O)c2c(NCCNCCCO)ccc(NCCNCCCO)c21. The number of nitrogens with one attached hydrogen (secondary N) is 4. The Bertz CT molecular complexity index is 1120. The molecule has 0 heterocycles. The lowest BCUT2D eigenvalue weighted by Crippen LogP contribution is -2.28. The standard InChI is InChI=1S/C24H32N4O6.2C2H4O2/c29-13-1-7-25-9-11-27-15-3-4-16(28-12-10-26-8-2-14-30)20-19(15)23(33)21-17(31)5-6-18(32)22(21)24(20)34;2*1-2(3)4/h3-6,25-32H,1-2,7-14H2;2*1H3,(H,3,4). The van der Waals surface area contributed by atoms with E-state index in [2.05, 4.69) is 21.3 Å². The molecule has 14 nitrogen and oxygen atoms in total. The minimum Gasteiger partial charge on any atom is -0.507 e. The van der Waals surface area contributed by atoms with E-state index >= 15 is 0 Å². The number of rotatable bonds is 14. The van der Waals surface area contributed by atoms with E-state index in [4.69, 9.17) is 30.0 Å². The van der Waals surface area contributed by atoms with Gasteiger partial charge in [-0.3, -0.25) is 19.2 Å². The number of carboxylic acids is 2. The van der Waals surface area contributed by atoms with E-state index in [0.717, 1.165) is 13.8 Å². The third-order valence-corrected chi connectivity index (χ3v) is 5.53. The van der Waals surface area contributed by atoms with Gasteiger partial charge in [0.15, 0.2) is 0 Å². The number of carbonyl (C=O) groups is 4. The van der Waals surface area contributed by atoms with Crippen LogP contribution in [0.1, 0.15) is 58.5 Å². The molecule has 232 valence electrons. The summed E-state index contributed by atoms with van der Waals surface area (Å²) in [5.74, 6) is -3.48. The molecule has 0 spiro atoms. The number of phenolic OH excluding ortho intramolecular Hbond substituents is 2. The van der Waals surface area contributed by atoms with Gasteiger partial charge in [0.2, 0.25) is 11.6 Å². The fourth-order valence-electron chi connectivity index (χ4n) is 3.89. The van der Waals surface area contributed by atoms with Crippen molar-refractivity contribution in [1.29, 1.82) is 0 Å². The van der Waals surface area contributed by atoms with Gasteiger partial charge in [-0.05, 0) is 50.2 Å². The normalized spacial score (nSPS) is 11.2. The molecule has 0 saturated heterocycles. The number of carbonyl (C=O) groups excluding carboxylic acids is 2. The highest BCUT2D eigenvalue weighted by Gasteiger charge is 2.37. The van der Waals surface area contributed by atoms with Crippen molar-refractivity contribution in [2.75, 3.05) is 63.1 Å². The molecule has 0 radical (unpaired) electrons. The minimum atomic E-state index is -0.833. The topological polar surface area (TPSA) is 238 Å². The number of hydrogen-bond donors (Lipinski definition) is 10. The average Bonchev–Trinajstić information content (AvgIpc) is 2.92. The minimum absolute atomic E-state index is 0.103. The molecular weight excluding hydrogens is 552 g/mol. The molecule has 0 aromatic heterocycles. The smallest absolute Gasteiger partial charge is 0.300 e. The van der Waals surface area contributed by atoms with Crippen LogP contribution >= 0.6 is 0 Å². The van der Waals surface area contributed by atoms with E-state index in [1.54, 1.807) is 12.1 Å². The van der Waals surface area contributed by atoms with Crippen molar-refractivity contribution < 1.29 is 49.8 Å². The summed E-state index contributed by atoms with van der Waals surface area (Å²) in [6.45, 7) is 5.79. The van der Waals surface area contributed by atoms with Crippen molar-refractivity contribution >= 4 is 34.9 Å². The quantitative estimate of drug-likeness (QED) is 0.0921. The number of ketones is 2. The molecule has 42 heavy (non-hydrogen) atoms. The average molecular weight is 593 g/mol. The van der Waals surface area contributed by atoms with Gasteiger partial charge >= 0.3 is 0 Å². The van der Waals surface area contributed by atoms with E-state index < -0.39 is 23.5 Å². The molecule has 0 bridgehead atoms. The van der Waals surface area contributed by atoms with Gasteiger partial charge in [0.05, 0.1) is 22.3 Å². The molecule has 0 aliphatic heterocycles. The summed E-state index contributed by atoms with van der Waals surface area (Å²) in [7, 11) is 0. The van der Waals surface area contributed by atoms with Gasteiger partial charge in [0, 0.05) is 64.6 Å². The fraction of sp³-hybridized carbons (Fsp3) is 0.429. The molecular formula is C28H40N4O10. The first-order valence-corrected chi connectivity index (χ1v) is 13.3. The summed E-state index contributed by atoms with van der Waals surface area (Å²) >= 11 is 0. The van der Waals surface area contributed by atoms with Gasteiger partial charge in [-0.15, -0.1) is 0 Å². The number of aliphatic hydroxyl groups is 2. The maximum absolute atomic E-state index is 13.5. The molecule has 1 aliphatic carbocycles. The summed E-state index contributed by atoms with van der Waals surface area (Å²) in [4.78, 5) is 44.9. The maximum atomic E-state index is 13.5. The third-order valence-electron chi connectivity index (χ3n) is 5.53. The number of hydrogen-bond acceptors (Lipinski definition) is 12. The molecule has 0 fully saturated rings. The van der Waals surface area contributed by atoms with Crippen molar-refractivity contribution in [3.63, 3.8) is 0 Å². The van der Waals surface area contributed by atoms with Crippen molar-refractivity contribution in [2.24, 2.45) is 0 Å². The largest absolute Gasteiger partial charge is 0.507 e. The number of phenols is 2. The number of aliphatic carboxylic acids is 2. The second-order valence-electron chi connectivity index (χ2n) is 8.97. The Morgan fingerprint density at radius 2 is 0.929 bits per heavy atom. The Hall–Kier alpha value is -4.24. The highest BCUT2D eigenvalue weighted by atomic mass is 16.4. The molecule has 3 rings (SSSR count). The van der Waals surface area contributed by atoms with E-state index in [1.165, 1.54) is 12.1 Å². The summed E-state index contributed by atoms with van der Waals surface area (Å²) in [6.07, 6.45) is 1.27. The van der Waals surface area contributed by atoms with Crippen molar-refractivity contribution in [3.05, 3.63) is 46.5 Å². The van der Waals surface area contributed by atoms with Crippen LogP contribution in [0, 0.1) is 0 Å². The van der Waals surface area contributed by atoms with Gasteiger partial charge in [-0.2, -0.15) is 0 Å². The van der Waals surface area contributed by atoms with E-state index in [9.17, 15) is 19.8 Å². The van der Waals surface area contributed by atoms with Crippen molar-refractivity contribution in [1.82, 2.24) is 10.6 Å². The Morgan fingerprint density at radius 1 is 0.595 bits per heavy atom. The third kappa shape index (κ3) is 11.3. The molecule has 1 aliphatic rings. The van der Waals surface area contributed by atoms with Gasteiger partial charge < -0.3 is 51.9 Å². The Labute approximate surface area is 243 Å². The van der Waals surface area contributed by atoms with Gasteiger partial charge in [0.1, 0.15) is 11.5 Å². The van der Waals surface area contributed by atoms with E-state index in [0.29, 0.717) is 63.5 Å². The molecule has 0 amide bonds. The molecule has 2 aromatic carbocycles. The van der Waals surface area contributed by atoms with Crippen LogP contribution in [0.2, 0.25) is 0 Å². The van der Waals surface area contributed by atoms with Gasteiger partial charge in [0.25, 0.3) is 11.9 Å². The van der Waals surface area contributed by atoms with Crippen LogP contribution in [-0.4, -0.2) is 107 Å². The lowest BCUT2D eigenvalue weighted by Gasteiger charge is -2.25. The molecule has 10 N–H and O–H groups in total. The van der Waals surface area contributed by atoms with E-state index in [1.807, 2.05) is 0 Å². The zero-order chi connectivity index (χ0) is 31.7. The maximum Gasteiger partial charge on any atom is 0.300 e. The van der Waals surface area contributed by atoms with Crippen LogP contribution in [0.25, 0.3) is 0 Å². The number of aromatic hydroxyl groups is 2. The molecule has 0 unspecified atom stereocenters. The lowest BCUT2D eigenvalue weighted by atomic mass is 9.81. The van der Waals surface area contributed by atoms with Crippen LogP contribution in [-0.2, 0) is 9.59 Å². The van der Waals surface area contributed by atoms with Crippen LogP contribution in [0.4, 0.5) is 11.4 Å². The Kier molecular flexibility index (Phi) is 16.2. The number of aliphatic hydroxyl groups excluding tert-OH is 2. The van der Waals surface area contributed by atoms with Crippen LogP contribution < -0.4 is 21.3 Å². The Balaban J connectivity index is 0.000000978. The lowest BCUT2D eigenvalue weighted by molar-refractivity contribution is -0.135. The van der Waals surface area contributed by atoms with Crippen LogP contribution in [0.3, 0.4) is 0 Å². The van der Waals surface area contributed by atoms with Gasteiger partial charge in [-0.25, -0.2) is 0 Å². The predicted octanol–water partition coefficient (Wildman–Crippen LogP) is 0.823. The molecule has 0 saturated carbocycles. The highest BCUT2D eigenvalue weighted by Crippen LogP contribution is 2.42.